The third-order valence-corrected chi connectivity index (χ3v) is 4.80. The first-order valence-corrected chi connectivity index (χ1v) is 8.19. The number of carbonyl (C=O) groups is 2. The minimum atomic E-state index is -1.76. The average Bonchev–Trinajstić information content (AvgIpc) is 2.82. The summed E-state index contributed by atoms with van der Waals surface area (Å²) in [6.07, 6.45) is 3.03. The molecule has 0 bridgehead atoms. The van der Waals surface area contributed by atoms with Crippen molar-refractivity contribution in [3.05, 3.63) is 59.7 Å². The van der Waals surface area contributed by atoms with Crippen molar-refractivity contribution in [1.82, 2.24) is 14.9 Å². The van der Waals surface area contributed by atoms with E-state index in [0.717, 1.165) is 5.56 Å². The Kier molecular flexibility index (Phi) is 4.25. The zero-order chi connectivity index (χ0) is 18.9. The van der Waals surface area contributed by atoms with E-state index in [1.807, 2.05) is 44.2 Å². The summed E-state index contributed by atoms with van der Waals surface area (Å²) >= 11 is 0. The number of likely N-dealkylation sites (tertiary alicyclic amines) is 1. The molecule has 0 saturated carbocycles. The molecule has 0 aliphatic carbocycles. The fraction of sp³-hybridized carbons (Fsp3) is 0.300. The number of rotatable bonds is 2. The van der Waals surface area contributed by atoms with Gasteiger partial charge in [-0.15, -0.1) is 0 Å². The lowest BCUT2D eigenvalue weighted by atomic mass is 9.80. The van der Waals surface area contributed by atoms with E-state index in [9.17, 15) is 14.7 Å². The third-order valence-electron chi connectivity index (χ3n) is 4.80. The van der Waals surface area contributed by atoms with Crippen molar-refractivity contribution in [3.63, 3.8) is 0 Å². The molecule has 0 radical (unpaired) electrons. The predicted octanol–water partition coefficient (Wildman–Crippen LogP) is 1.84. The fourth-order valence-electron chi connectivity index (χ4n) is 3.12. The van der Waals surface area contributed by atoms with Crippen LogP contribution in [0.3, 0.4) is 0 Å². The van der Waals surface area contributed by atoms with Gasteiger partial charge in [-0.25, -0.2) is 9.97 Å². The maximum atomic E-state index is 12.7. The van der Waals surface area contributed by atoms with Crippen LogP contribution in [0.15, 0.2) is 42.7 Å². The van der Waals surface area contributed by atoms with Gasteiger partial charge in [-0.2, -0.15) is 0 Å². The van der Waals surface area contributed by atoms with Crippen molar-refractivity contribution in [2.75, 3.05) is 7.05 Å². The molecular weight excluding hydrogens is 330 g/mol. The second kappa shape index (κ2) is 6.26. The summed E-state index contributed by atoms with van der Waals surface area (Å²) in [6, 6.07) is 9.47. The number of carbonyl (C=O) groups excluding carboxylic acids is 1. The maximum absolute atomic E-state index is 12.7. The summed E-state index contributed by atoms with van der Waals surface area (Å²) < 4.78 is 0. The number of nitrogens with zero attached hydrogens (tertiary/aromatic N) is 3. The molecule has 1 aromatic heterocycles. The molecule has 1 saturated heterocycles. The Bertz CT molecular complexity index is 911. The van der Waals surface area contributed by atoms with Crippen LogP contribution >= 0.6 is 0 Å². The molecule has 1 amide bonds. The Morgan fingerprint density at radius 2 is 1.69 bits per heavy atom. The van der Waals surface area contributed by atoms with E-state index in [1.54, 1.807) is 7.05 Å². The first-order valence-electron chi connectivity index (χ1n) is 8.19. The molecule has 1 aromatic carbocycles. The highest BCUT2D eigenvalue weighted by atomic mass is 16.4. The number of likely N-dealkylation sites (N-methyl/N-ethyl adjacent to an activating group) is 1. The van der Waals surface area contributed by atoms with E-state index >= 15 is 0 Å². The van der Waals surface area contributed by atoms with E-state index in [1.165, 1.54) is 17.3 Å². The zero-order valence-electron chi connectivity index (χ0n) is 14.9. The molecule has 2 heterocycles. The molecule has 3 rings (SSSR count). The topological polar surface area (TPSA) is 83.4 Å². The predicted molar refractivity (Wildman–Crippen MR) is 95.2 cm³/mol. The molecule has 6 heteroatoms. The Morgan fingerprint density at radius 1 is 1.12 bits per heavy atom. The van der Waals surface area contributed by atoms with Crippen molar-refractivity contribution in [3.8, 4) is 11.8 Å². The van der Waals surface area contributed by atoms with Gasteiger partial charge in [-0.05, 0) is 26.0 Å². The highest BCUT2D eigenvalue weighted by molar-refractivity contribution is 6.09. The lowest BCUT2D eigenvalue weighted by molar-refractivity contribution is -0.150. The van der Waals surface area contributed by atoms with Crippen LogP contribution in [-0.4, -0.2) is 44.4 Å². The summed E-state index contributed by atoms with van der Waals surface area (Å²) in [6.45, 7) is 3.66. The van der Waals surface area contributed by atoms with Gasteiger partial charge in [-0.1, -0.05) is 30.0 Å². The van der Waals surface area contributed by atoms with E-state index in [-0.39, 0.29) is 12.2 Å². The largest absolute Gasteiger partial charge is 0.480 e. The first kappa shape index (κ1) is 17.6. The lowest BCUT2D eigenvalue weighted by Gasteiger charge is -2.26. The van der Waals surface area contributed by atoms with Gasteiger partial charge in [0.05, 0.1) is 5.56 Å². The van der Waals surface area contributed by atoms with Crippen LogP contribution in [-0.2, 0) is 15.0 Å². The molecule has 1 N–H and O–H groups in total. The van der Waals surface area contributed by atoms with Crippen molar-refractivity contribution in [2.45, 2.75) is 31.2 Å². The Morgan fingerprint density at radius 3 is 2.19 bits per heavy atom. The summed E-state index contributed by atoms with van der Waals surface area (Å²) in [4.78, 5) is 34.5. The van der Waals surface area contributed by atoms with Gasteiger partial charge in [0.1, 0.15) is 0 Å². The van der Waals surface area contributed by atoms with Gasteiger partial charge in [0, 0.05) is 37.0 Å². The molecular formula is C20H19N3O3. The van der Waals surface area contributed by atoms with Crippen LogP contribution < -0.4 is 0 Å². The first-order chi connectivity index (χ1) is 12.3. The van der Waals surface area contributed by atoms with E-state index in [4.69, 9.17) is 0 Å². The molecule has 1 atom stereocenters. The Hall–Kier alpha value is -3.20. The molecule has 2 aromatic rings. The lowest BCUT2D eigenvalue weighted by Crippen LogP contribution is -2.45. The number of aromatic nitrogens is 2. The SMILES string of the molecule is CN1C(=O)C(C(=O)O)(c2ncc(C#Cc3ccccc3)cn2)CC1(C)C. The van der Waals surface area contributed by atoms with E-state index in [0.29, 0.717) is 5.56 Å². The van der Waals surface area contributed by atoms with E-state index < -0.39 is 22.8 Å². The van der Waals surface area contributed by atoms with Crippen molar-refractivity contribution in [2.24, 2.45) is 0 Å². The van der Waals surface area contributed by atoms with Gasteiger partial charge in [0.2, 0.25) is 11.3 Å². The van der Waals surface area contributed by atoms with Crippen molar-refractivity contribution in [1.29, 1.82) is 0 Å². The second-order valence-corrected chi connectivity index (χ2v) is 6.98. The van der Waals surface area contributed by atoms with E-state index in [2.05, 4.69) is 21.8 Å². The number of hydrogen-bond acceptors (Lipinski definition) is 4. The normalized spacial score (nSPS) is 21.2. The Labute approximate surface area is 151 Å². The van der Waals surface area contributed by atoms with Gasteiger partial charge >= 0.3 is 5.97 Å². The number of aliphatic carboxylic acids is 1. The minimum Gasteiger partial charge on any atom is -0.480 e. The Balaban J connectivity index is 1.95. The molecule has 1 aliphatic rings. The monoisotopic (exact) mass is 349 g/mol. The molecule has 1 unspecified atom stereocenters. The van der Waals surface area contributed by atoms with Gasteiger partial charge in [0.15, 0.2) is 5.82 Å². The summed E-state index contributed by atoms with van der Waals surface area (Å²) in [5.41, 5.74) is -0.946. The molecule has 1 aliphatic heterocycles. The zero-order valence-corrected chi connectivity index (χ0v) is 14.9. The molecule has 26 heavy (non-hydrogen) atoms. The smallest absolute Gasteiger partial charge is 0.327 e. The maximum Gasteiger partial charge on any atom is 0.327 e. The minimum absolute atomic E-state index is 0.00214. The van der Waals surface area contributed by atoms with Crippen LogP contribution in [0.25, 0.3) is 0 Å². The van der Waals surface area contributed by atoms with Crippen LogP contribution in [0.4, 0.5) is 0 Å². The quantitative estimate of drug-likeness (QED) is 0.661. The fourth-order valence-corrected chi connectivity index (χ4v) is 3.12. The van der Waals surface area contributed by atoms with Crippen molar-refractivity contribution < 1.29 is 14.7 Å². The number of benzene rings is 1. The number of carboxylic acid groups (broad SMARTS) is 1. The standard InChI is InChI=1S/C20H19N3O3/c1-19(2)13-20(18(25)26,17(24)23(19)3)16-21-11-15(12-22-16)10-9-14-7-5-4-6-8-14/h4-8,11-12H,13H2,1-3H3,(H,25,26). The highest BCUT2D eigenvalue weighted by Crippen LogP contribution is 2.42. The van der Waals surface area contributed by atoms with Crippen LogP contribution in [0.2, 0.25) is 0 Å². The summed E-state index contributed by atoms with van der Waals surface area (Å²) in [5, 5.41) is 9.80. The molecule has 1 fully saturated rings. The summed E-state index contributed by atoms with van der Waals surface area (Å²) in [7, 11) is 1.60. The van der Waals surface area contributed by atoms with Gasteiger partial charge < -0.3 is 10.0 Å². The third kappa shape index (κ3) is 2.82. The van der Waals surface area contributed by atoms with Gasteiger partial charge in [0.25, 0.3) is 0 Å². The highest BCUT2D eigenvalue weighted by Gasteiger charge is 2.62. The average molecular weight is 349 g/mol. The number of hydrogen-bond donors (Lipinski definition) is 1. The molecule has 0 spiro atoms. The van der Waals surface area contributed by atoms with Gasteiger partial charge in [-0.3, -0.25) is 9.59 Å². The summed E-state index contributed by atoms with van der Waals surface area (Å²) in [5.74, 6) is 4.19. The van der Waals surface area contributed by atoms with Crippen LogP contribution in [0, 0.1) is 11.8 Å². The number of carboxylic acids is 1. The second-order valence-electron chi connectivity index (χ2n) is 6.98. The van der Waals surface area contributed by atoms with Crippen molar-refractivity contribution >= 4 is 11.9 Å². The van der Waals surface area contributed by atoms with Crippen LogP contribution in [0.1, 0.15) is 37.2 Å². The molecule has 132 valence electrons. The number of amides is 1. The van der Waals surface area contributed by atoms with Crippen LogP contribution in [0.5, 0.6) is 0 Å². The molecule has 6 nitrogen and oxygen atoms in total.